The molecule has 0 aliphatic rings. The van der Waals surface area contributed by atoms with Crippen molar-refractivity contribution in [3.8, 4) is 0 Å². The SMILES string of the molecule is CCCCCCCCC(F)(F)C(F)(F)C(=O)O. The molecule has 0 spiro atoms. The molecule has 0 aromatic carbocycles. The Morgan fingerprint density at radius 3 is 1.94 bits per heavy atom. The molecular formula is C11H18F4O2. The highest BCUT2D eigenvalue weighted by Gasteiger charge is 2.61. The molecule has 6 heteroatoms. The van der Waals surface area contributed by atoms with Crippen molar-refractivity contribution in [1.82, 2.24) is 0 Å². The highest BCUT2D eigenvalue weighted by Crippen LogP contribution is 2.38. The highest BCUT2D eigenvalue weighted by molar-refractivity contribution is 5.76. The molecule has 0 unspecified atom stereocenters. The van der Waals surface area contributed by atoms with Gasteiger partial charge in [0.05, 0.1) is 0 Å². The molecule has 0 heterocycles. The zero-order valence-electron chi connectivity index (χ0n) is 9.82. The molecule has 0 rings (SSSR count). The van der Waals surface area contributed by atoms with Crippen LogP contribution >= 0.6 is 0 Å². The molecule has 0 atom stereocenters. The number of carboxylic acid groups (broad SMARTS) is 1. The number of carboxylic acids is 1. The lowest BCUT2D eigenvalue weighted by Crippen LogP contribution is -2.47. The average Bonchev–Trinajstić information content (AvgIpc) is 2.22. The van der Waals surface area contributed by atoms with Crippen molar-refractivity contribution in [2.45, 2.75) is 63.7 Å². The smallest absolute Gasteiger partial charge is 0.404 e. The van der Waals surface area contributed by atoms with Gasteiger partial charge in [0.2, 0.25) is 0 Å². The monoisotopic (exact) mass is 258 g/mol. The Morgan fingerprint density at radius 1 is 1.00 bits per heavy atom. The third-order valence-corrected chi connectivity index (χ3v) is 2.57. The Balaban J connectivity index is 3.98. The summed E-state index contributed by atoms with van der Waals surface area (Å²) in [7, 11) is 0. The van der Waals surface area contributed by atoms with Gasteiger partial charge in [-0.05, 0) is 6.42 Å². The lowest BCUT2D eigenvalue weighted by molar-refractivity contribution is -0.226. The van der Waals surface area contributed by atoms with Gasteiger partial charge in [-0.2, -0.15) is 17.6 Å². The van der Waals surface area contributed by atoms with Gasteiger partial charge in [0, 0.05) is 6.42 Å². The van der Waals surface area contributed by atoms with E-state index in [4.69, 9.17) is 5.11 Å². The van der Waals surface area contributed by atoms with Crippen LogP contribution in [0.1, 0.15) is 51.9 Å². The standard InChI is InChI=1S/C11H18F4O2/c1-2-3-4-5-6-7-8-10(12,13)11(14,15)9(16)17/h2-8H2,1H3,(H,16,17). The van der Waals surface area contributed by atoms with Gasteiger partial charge in [0.25, 0.3) is 0 Å². The van der Waals surface area contributed by atoms with E-state index in [0.717, 1.165) is 19.3 Å². The van der Waals surface area contributed by atoms with Crippen molar-refractivity contribution in [2.24, 2.45) is 0 Å². The average molecular weight is 258 g/mol. The molecule has 0 aliphatic heterocycles. The zero-order valence-corrected chi connectivity index (χ0v) is 9.82. The first kappa shape index (κ1) is 16.2. The first-order valence-electron chi connectivity index (χ1n) is 5.74. The van der Waals surface area contributed by atoms with Gasteiger partial charge in [-0.25, -0.2) is 4.79 Å². The van der Waals surface area contributed by atoms with Crippen LogP contribution < -0.4 is 0 Å². The van der Waals surface area contributed by atoms with Crippen LogP contribution in [0.5, 0.6) is 0 Å². The van der Waals surface area contributed by atoms with E-state index in [1.807, 2.05) is 6.92 Å². The number of halogens is 4. The van der Waals surface area contributed by atoms with Crippen LogP contribution in [0.15, 0.2) is 0 Å². The van der Waals surface area contributed by atoms with Crippen LogP contribution in [0.4, 0.5) is 17.6 Å². The largest absolute Gasteiger partial charge is 0.477 e. The third-order valence-electron chi connectivity index (χ3n) is 2.57. The fourth-order valence-corrected chi connectivity index (χ4v) is 1.44. The van der Waals surface area contributed by atoms with Crippen molar-refractivity contribution in [2.75, 3.05) is 0 Å². The quantitative estimate of drug-likeness (QED) is 0.499. The Labute approximate surface area is 98.0 Å². The van der Waals surface area contributed by atoms with Crippen molar-refractivity contribution in [3.63, 3.8) is 0 Å². The summed E-state index contributed by atoms with van der Waals surface area (Å²) in [6, 6.07) is 0. The van der Waals surface area contributed by atoms with E-state index in [1.165, 1.54) is 0 Å². The Hall–Kier alpha value is -0.810. The molecule has 0 saturated carbocycles. The number of rotatable bonds is 9. The van der Waals surface area contributed by atoms with Crippen molar-refractivity contribution < 1.29 is 27.5 Å². The molecule has 0 fully saturated rings. The fraction of sp³-hybridized carbons (Fsp3) is 0.909. The molecule has 0 saturated heterocycles. The lowest BCUT2D eigenvalue weighted by atomic mass is 10.0. The Kier molecular flexibility index (Phi) is 6.49. The summed E-state index contributed by atoms with van der Waals surface area (Å²) in [6.45, 7) is 2.00. The van der Waals surface area contributed by atoms with E-state index in [1.54, 1.807) is 0 Å². The predicted molar refractivity (Wildman–Crippen MR) is 55.5 cm³/mol. The maximum Gasteiger partial charge on any atom is 0.404 e. The van der Waals surface area contributed by atoms with Gasteiger partial charge in [-0.1, -0.05) is 39.0 Å². The number of hydrogen-bond donors (Lipinski definition) is 1. The summed E-state index contributed by atoms with van der Waals surface area (Å²) < 4.78 is 51.0. The predicted octanol–water partition coefficient (Wildman–Crippen LogP) is 4.09. The minimum atomic E-state index is -4.98. The van der Waals surface area contributed by atoms with Gasteiger partial charge < -0.3 is 5.11 Å². The summed E-state index contributed by atoms with van der Waals surface area (Å²) in [4.78, 5) is 10.0. The molecular weight excluding hydrogens is 240 g/mol. The van der Waals surface area contributed by atoms with Crippen LogP contribution in [0, 0.1) is 0 Å². The normalized spacial score (nSPS) is 12.8. The molecule has 0 aliphatic carbocycles. The molecule has 17 heavy (non-hydrogen) atoms. The van der Waals surface area contributed by atoms with Crippen molar-refractivity contribution in [1.29, 1.82) is 0 Å². The summed E-state index contributed by atoms with van der Waals surface area (Å²) in [5.41, 5.74) is 0. The van der Waals surface area contributed by atoms with E-state index >= 15 is 0 Å². The number of alkyl halides is 4. The van der Waals surface area contributed by atoms with Crippen LogP contribution in [0.25, 0.3) is 0 Å². The van der Waals surface area contributed by atoms with E-state index in [0.29, 0.717) is 12.8 Å². The summed E-state index contributed by atoms with van der Waals surface area (Å²) in [5, 5.41) is 8.02. The first-order chi connectivity index (χ1) is 7.75. The Morgan fingerprint density at radius 2 is 1.47 bits per heavy atom. The van der Waals surface area contributed by atoms with E-state index in [-0.39, 0.29) is 6.42 Å². The van der Waals surface area contributed by atoms with Gasteiger partial charge >= 0.3 is 17.8 Å². The van der Waals surface area contributed by atoms with Crippen molar-refractivity contribution in [3.05, 3.63) is 0 Å². The molecule has 0 aromatic heterocycles. The van der Waals surface area contributed by atoms with Gasteiger partial charge in [0.15, 0.2) is 0 Å². The second kappa shape index (κ2) is 6.81. The molecule has 0 bridgehead atoms. The number of carbonyl (C=O) groups is 1. The topological polar surface area (TPSA) is 37.3 Å². The summed E-state index contributed by atoms with van der Waals surface area (Å²) >= 11 is 0. The Bertz CT molecular complexity index is 242. The maximum absolute atomic E-state index is 12.9. The molecule has 0 aromatic rings. The summed E-state index contributed by atoms with van der Waals surface area (Å²) in [6.07, 6.45) is 2.85. The maximum atomic E-state index is 12.9. The number of unbranched alkanes of at least 4 members (excludes halogenated alkanes) is 5. The van der Waals surface area contributed by atoms with Gasteiger partial charge in [-0.3, -0.25) is 0 Å². The summed E-state index contributed by atoms with van der Waals surface area (Å²) in [5.74, 6) is -12.2. The molecule has 0 amide bonds. The molecule has 1 N–H and O–H groups in total. The van der Waals surface area contributed by atoms with Crippen molar-refractivity contribution >= 4 is 5.97 Å². The second-order valence-electron chi connectivity index (χ2n) is 4.10. The van der Waals surface area contributed by atoms with E-state index in [9.17, 15) is 22.4 Å². The van der Waals surface area contributed by atoms with E-state index in [2.05, 4.69) is 0 Å². The minimum Gasteiger partial charge on any atom is -0.477 e. The lowest BCUT2D eigenvalue weighted by Gasteiger charge is -2.22. The molecule has 102 valence electrons. The van der Waals surface area contributed by atoms with Gasteiger partial charge in [0.1, 0.15) is 0 Å². The first-order valence-corrected chi connectivity index (χ1v) is 5.74. The molecule has 0 radical (unpaired) electrons. The highest BCUT2D eigenvalue weighted by atomic mass is 19.3. The number of aliphatic carboxylic acids is 1. The van der Waals surface area contributed by atoms with Gasteiger partial charge in [-0.15, -0.1) is 0 Å². The van der Waals surface area contributed by atoms with Crippen LogP contribution in [0.3, 0.4) is 0 Å². The van der Waals surface area contributed by atoms with Crippen LogP contribution in [0.2, 0.25) is 0 Å². The van der Waals surface area contributed by atoms with Crippen LogP contribution in [-0.4, -0.2) is 22.9 Å². The zero-order chi connectivity index (χ0) is 13.5. The minimum absolute atomic E-state index is 0.0837. The van der Waals surface area contributed by atoms with E-state index < -0.39 is 24.2 Å². The third kappa shape index (κ3) is 4.91. The fourth-order valence-electron chi connectivity index (χ4n) is 1.44. The number of hydrogen-bond acceptors (Lipinski definition) is 1. The van der Waals surface area contributed by atoms with Crippen LogP contribution in [-0.2, 0) is 4.79 Å². The molecule has 2 nitrogen and oxygen atoms in total. The second-order valence-corrected chi connectivity index (χ2v) is 4.10.